The van der Waals surface area contributed by atoms with Gasteiger partial charge in [0.25, 0.3) is 0 Å². The first-order chi connectivity index (χ1) is 15.7. The molecule has 5 rings (SSSR count). The molecule has 32 heavy (non-hydrogen) atoms. The van der Waals surface area contributed by atoms with Crippen LogP contribution in [0.5, 0.6) is 0 Å². The van der Waals surface area contributed by atoms with E-state index in [1.165, 1.54) is 0 Å². The molecule has 0 amide bonds. The summed E-state index contributed by atoms with van der Waals surface area (Å²) in [5.41, 5.74) is 4.20. The molecule has 1 saturated heterocycles. The number of para-hydroxylation sites is 1. The lowest BCUT2D eigenvalue weighted by atomic mass is 9.96. The number of rotatable bonds is 6. The Labute approximate surface area is 193 Å². The fourth-order valence-electron chi connectivity index (χ4n) is 4.51. The van der Waals surface area contributed by atoms with Gasteiger partial charge in [-0.15, -0.1) is 0 Å². The lowest BCUT2D eigenvalue weighted by Crippen LogP contribution is -2.37. The number of benzene rings is 2. The third-order valence-corrected chi connectivity index (χ3v) is 6.62. The lowest BCUT2D eigenvalue weighted by Gasteiger charge is -2.26. The molecule has 1 fully saturated rings. The van der Waals surface area contributed by atoms with Gasteiger partial charge in [-0.05, 0) is 30.0 Å². The van der Waals surface area contributed by atoms with Gasteiger partial charge in [-0.25, -0.2) is 9.97 Å². The summed E-state index contributed by atoms with van der Waals surface area (Å²) in [5, 5.41) is 4.11. The molecule has 4 aromatic rings. The molecule has 0 spiro atoms. The molecular formula is C26H27ClN4O. The van der Waals surface area contributed by atoms with Gasteiger partial charge in [0.2, 0.25) is 0 Å². The fraction of sp³-hybridized carbons (Fsp3) is 0.346. The molecule has 0 saturated carbocycles. The van der Waals surface area contributed by atoms with Gasteiger partial charge in [-0.1, -0.05) is 48.9 Å². The van der Waals surface area contributed by atoms with Gasteiger partial charge in [0.1, 0.15) is 6.33 Å². The fourth-order valence-corrected chi connectivity index (χ4v) is 4.80. The van der Waals surface area contributed by atoms with E-state index >= 15 is 0 Å². The molecule has 1 atom stereocenters. The lowest BCUT2D eigenvalue weighted by molar-refractivity contribution is 0.0384. The maximum atomic E-state index is 6.62. The molecule has 2 aromatic heterocycles. The maximum absolute atomic E-state index is 6.62. The van der Waals surface area contributed by atoms with Crippen molar-refractivity contribution >= 4 is 33.3 Å². The molecule has 1 aliphatic rings. The van der Waals surface area contributed by atoms with Crippen LogP contribution in [0.15, 0.2) is 54.9 Å². The van der Waals surface area contributed by atoms with E-state index in [0.717, 1.165) is 89.5 Å². The summed E-state index contributed by atoms with van der Waals surface area (Å²) in [6.07, 6.45) is 3.34. The van der Waals surface area contributed by atoms with Crippen molar-refractivity contribution in [2.45, 2.75) is 25.7 Å². The van der Waals surface area contributed by atoms with E-state index in [9.17, 15) is 0 Å². The third-order valence-electron chi connectivity index (χ3n) is 6.30. The summed E-state index contributed by atoms with van der Waals surface area (Å²) in [4.78, 5) is 16.6. The highest BCUT2D eigenvalue weighted by molar-refractivity contribution is 6.35. The minimum atomic E-state index is 0.221. The van der Waals surface area contributed by atoms with Gasteiger partial charge in [0.15, 0.2) is 0 Å². The zero-order valence-corrected chi connectivity index (χ0v) is 19.1. The van der Waals surface area contributed by atoms with Crippen LogP contribution in [-0.4, -0.2) is 52.7 Å². The Hall–Kier alpha value is -2.60. The number of aromatic nitrogens is 3. The SMILES string of the molecule is C[C@H](Cc1ncnc2ccccc12)c1cc2cccc(Cl)c2c(CCN2CCOCC2)n1. The van der Waals surface area contributed by atoms with Gasteiger partial charge in [0, 0.05) is 48.4 Å². The monoisotopic (exact) mass is 446 g/mol. The summed E-state index contributed by atoms with van der Waals surface area (Å²) in [5.74, 6) is 0.221. The van der Waals surface area contributed by atoms with Crippen LogP contribution in [0.3, 0.4) is 0 Å². The zero-order chi connectivity index (χ0) is 21.9. The van der Waals surface area contributed by atoms with E-state index in [1.54, 1.807) is 6.33 Å². The van der Waals surface area contributed by atoms with Crippen LogP contribution >= 0.6 is 11.6 Å². The van der Waals surface area contributed by atoms with Crippen LogP contribution in [0, 0.1) is 0 Å². The molecule has 0 radical (unpaired) electrons. The Kier molecular flexibility index (Phi) is 6.30. The van der Waals surface area contributed by atoms with Crippen LogP contribution in [0.2, 0.25) is 5.02 Å². The summed E-state index contributed by atoms with van der Waals surface area (Å²) in [6, 6.07) is 16.5. The van der Waals surface area contributed by atoms with Gasteiger partial charge in [-0.3, -0.25) is 9.88 Å². The normalized spacial score (nSPS) is 15.9. The zero-order valence-electron chi connectivity index (χ0n) is 18.3. The summed E-state index contributed by atoms with van der Waals surface area (Å²) in [7, 11) is 0. The number of ether oxygens (including phenoxy) is 1. The van der Waals surface area contributed by atoms with Crippen molar-refractivity contribution in [1.82, 2.24) is 19.9 Å². The minimum Gasteiger partial charge on any atom is -0.379 e. The van der Waals surface area contributed by atoms with Crippen LogP contribution in [0.4, 0.5) is 0 Å². The standard InChI is InChI=1S/C26H27ClN4O/c1-18(15-25-20-6-2-3-8-22(20)28-17-29-25)24-16-19-5-4-7-21(27)26(19)23(30-24)9-10-31-11-13-32-14-12-31/h2-8,16-18H,9-15H2,1H3/t18-/m1/s1. The number of halogens is 1. The largest absolute Gasteiger partial charge is 0.379 e. The molecule has 2 aromatic carbocycles. The Morgan fingerprint density at radius 3 is 2.75 bits per heavy atom. The van der Waals surface area contributed by atoms with Crippen LogP contribution in [-0.2, 0) is 17.6 Å². The van der Waals surface area contributed by atoms with Crippen molar-refractivity contribution in [2.24, 2.45) is 0 Å². The van der Waals surface area contributed by atoms with Gasteiger partial charge >= 0.3 is 0 Å². The number of hydrogen-bond donors (Lipinski definition) is 0. The Balaban J connectivity index is 1.46. The van der Waals surface area contributed by atoms with E-state index in [4.69, 9.17) is 21.3 Å². The van der Waals surface area contributed by atoms with Crippen LogP contribution in [0.1, 0.15) is 29.9 Å². The topological polar surface area (TPSA) is 51.1 Å². The first kappa shape index (κ1) is 21.3. The molecule has 0 aliphatic carbocycles. The minimum absolute atomic E-state index is 0.221. The molecule has 6 heteroatoms. The Bertz CT molecular complexity index is 1230. The number of pyridine rings is 1. The summed E-state index contributed by atoms with van der Waals surface area (Å²) < 4.78 is 5.49. The van der Waals surface area contributed by atoms with Gasteiger partial charge in [-0.2, -0.15) is 0 Å². The van der Waals surface area contributed by atoms with E-state index in [0.29, 0.717) is 0 Å². The average molecular weight is 447 g/mol. The van der Waals surface area contributed by atoms with E-state index in [2.05, 4.69) is 40.0 Å². The average Bonchev–Trinajstić information content (AvgIpc) is 2.83. The molecule has 0 N–H and O–H groups in total. The number of fused-ring (bicyclic) bond motifs is 2. The van der Waals surface area contributed by atoms with Gasteiger partial charge in [0.05, 0.1) is 35.1 Å². The summed E-state index contributed by atoms with van der Waals surface area (Å²) >= 11 is 6.62. The van der Waals surface area contributed by atoms with Crippen molar-refractivity contribution in [3.63, 3.8) is 0 Å². The molecule has 3 heterocycles. The van der Waals surface area contributed by atoms with Crippen molar-refractivity contribution in [2.75, 3.05) is 32.8 Å². The smallest absolute Gasteiger partial charge is 0.116 e. The quantitative estimate of drug-likeness (QED) is 0.414. The number of hydrogen-bond acceptors (Lipinski definition) is 5. The second-order valence-electron chi connectivity index (χ2n) is 8.48. The molecule has 1 aliphatic heterocycles. The van der Waals surface area contributed by atoms with Crippen LogP contribution < -0.4 is 0 Å². The first-order valence-corrected chi connectivity index (χ1v) is 11.6. The van der Waals surface area contributed by atoms with Crippen LogP contribution in [0.25, 0.3) is 21.7 Å². The predicted octanol–water partition coefficient (Wildman–Crippen LogP) is 5.05. The highest BCUT2D eigenvalue weighted by atomic mass is 35.5. The Morgan fingerprint density at radius 1 is 1.03 bits per heavy atom. The molecule has 5 nitrogen and oxygen atoms in total. The van der Waals surface area contributed by atoms with Crippen molar-refractivity contribution in [3.8, 4) is 0 Å². The van der Waals surface area contributed by atoms with E-state index in [1.807, 2.05) is 30.3 Å². The van der Waals surface area contributed by atoms with E-state index in [-0.39, 0.29) is 5.92 Å². The molecule has 164 valence electrons. The second-order valence-corrected chi connectivity index (χ2v) is 8.89. The Morgan fingerprint density at radius 2 is 1.88 bits per heavy atom. The highest BCUT2D eigenvalue weighted by Crippen LogP contribution is 2.30. The first-order valence-electron chi connectivity index (χ1n) is 11.3. The maximum Gasteiger partial charge on any atom is 0.116 e. The van der Waals surface area contributed by atoms with Crippen molar-refractivity contribution < 1.29 is 4.74 Å². The number of nitrogens with zero attached hydrogens (tertiary/aromatic N) is 4. The predicted molar refractivity (Wildman–Crippen MR) is 129 cm³/mol. The number of morpholine rings is 1. The summed E-state index contributed by atoms with van der Waals surface area (Å²) in [6.45, 7) is 6.75. The highest BCUT2D eigenvalue weighted by Gasteiger charge is 2.17. The molecule has 0 bridgehead atoms. The third kappa shape index (κ3) is 4.46. The van der Waals surface area contributed by atoms with Crippen molar-refractivity contribution in [3.05, 3.63) is 77.0 Å². The van der Waals surface area contributed by atoms with Gasteiger partial charge < -0.3 is 4.74 Å². The van der Waals surface area contributed by atoms with Crippen molar-refractivity contribution in [1.29, 1.82) is 0 Å². The molecular weight excluding hydrogens is 420 g/mol. The van der Waals surface area contributed by atoms with E-state index < -0.39 is 0 Å². The molecule has 0 unspecified atom stereocenters. The second kappa shape index (κ2) is 9.49.